The second kappa shape index (κ2) is 14.7. The van der Waals surface area contributed by atoms with Crippen LogP contribution in [0, 0.1) is 17.0 Å². The number of hydrogen-bond donors (Lipinski definition) is 0. The molecule has 182 valence electrons. The van der Waals surface area contributed by atoms with E-state index >= 15 is 0 Å². The van der Waals surface area contributed by atoms with Crippen molar-refractivity contribution < 1.29 is 19.3 Å². The summed E-state index contributed by atoms with van der Waals surface area (Å²) in [4.78, 5) is 55.1. The molecule has 2 radical (unpaired) electrons. The average Bonchev–Trinajstić information content (AvgIpc) is 2.76. The largest absolute Gasteiger partial charge is 0.278 e. The van der Waals surface area contributed by atoms with Gasteiger partial charge in [-0.05, 0) is 23.9 Å². The number of benzene rings is 1. The van der Waals surface area contributed by atoms with Crippen molar-refractivity contribution in [2.24, 2.45) is 15.0 Å². The first-order chi connectivity index (χ1) is 16.2. The van der Waals surface area contributed by atoms with Gasteiger partial charge in [-0.3, -0.25) is 10.1 Å². The van der Waals surface area contributed by atoms with Crippen molar-refractivity contribution in [3.63, 3.8) is 0 Å². The first-order valence-corrected chi connectivity index (χ1v) is 12.7. The summed E-state index contributed by atoms with van der Waals surface area (Å²) in [5, 5.41) is 10.6. The minimum Gasteiger partial charge on any atom is -0.258 e. The van der Waals surface area contributed by atoms with E-state index < -0.39 is 20.2 Å². The first kappa shape index (κ1) is 29.6. The normalized spacial score (nSPS) is 14.1. The molecule has 0 heterocycles. The Kier molecular flexibility index (Phi) is 12.8. The van der Waals surface area contributed by atoms with Crippen molar-refractivity contribution in [2.45, 2.75) is 80.5 Å². The van der Waals surface area contributed by atoms with E-state index in [1.165, 1.54) is 24.3 Å². The molecule has 0 spiro atoms. The molecule has 0 aliphatic heterocycles. The van der Waals surface area contributed by atoms with Gasteiger partial charge in [-0.25, -0.2) is 14.4 Å². The van der Waals surface area contributed by atoms with Gasteiger partial charge in [0.25, 0.3) is 11.5 Å². The number of halogens is 2. The lowest BCUT2D eigenvalue weighted by molar-refractivity contribution is -0.385. The van der Waals surface area contributed by atoms with Crippen LogP contribution in [0.3, 0.4) is 0 Å². The highest BCUT2D eigenvalue weighted by molar-refractivity contribution is 6.70. The Morgan fingerprint density at radius 2 is 1.59 bits per heavy atom. The molecule has 0 aliphatic rings. The fourth-order valence-electron chi connectivity index (χ4n) is 3.88. The highest BCUT2D eigenvalue weighted by atomic mass is 35.5. The lowest BCUT2D eigenvalue weighted by atomic mass is 9.85. The highest BCUT2D eigenvalue weighted by Crippen LogP contribution is 2.42. The summed E-state index contributed by atoms with van der Waals surface area (Å²) >= 11 is 12.4. The van der Waals surface area contributed by atoms with Gasteiger partial charge in [-0.15, -0.1) is 23.2 Å². The molecular weight excluding hydrogens is 499 g/mol. The Morgan fingerprint density at radius 3 is 2.09 bits per heavy atom. The fourth-order valence-corrected chi connectivity index (χ4v) is 6.53. The number of nitro groups is 1. The van der Waals surface area contributed by atoms with E-state index in [9.17, 15) is 24.5 Å². The van der Waals surface area contributed by atoms with Crippen LogP contribution in [-0.2, 0) is 19.4 Å². The van der Waals surface area contributed by atoms with Crippen molar-refractivity contribution >= 4 is 56.6 Å². The van der Waals surface area contributed by atoms with Crippen molar-refractivity contribution in [1.29, 1.82) is 0 Å². The van der Waals surface area contributed by atoms with Gasteiger partial charge in [0.15, 0.2) is 0 Å². The van der Waals surface area contributed by atoms with Crippen LogP contribution in [-0.4, -0.2) is 42.9 Å². The zero-order valence-electron chi connectivity index (χ0n) is 19.1. The topological polar surface area (TPSA) is 131 Å². The number of aliphatic imine (C=N–C) groups is 3. The zero-order valence-corrected chi connectivity index (χ0v) is 21.6. The third kappa shape index (κ3) is 8.73. The standard InChI is InChI=1S/C22H26Cl2N4O5Si/c1-3-4-5-6-7-8-11-21(34-20(23)24,13-22(25-14-29,26-15-30)27-16-31)18-10-9-17(2)19(12-18)28(32)33/h9-10,12,20H,3-8,11,13H2,1-2H3. The molecule has 1 aromatic carbocycles. The third-order valence-corrected chi connectivity index (χ3v) is 7.65. The van der Waals surface area contributed by atoms with E-state index in [-0.39, 0.29) is 21.6 Å². The lowest BCUT2D eigenvalue weighted by Gasteiger charge is -2.37. The molecule has 0 N–H and O–H groups in total. The molecule has 34 heavy (non-hydrogen) atoms. The highest BCUT2D eigenvalue weighted by Gasteiger charge is 2.45. The van der Waals surface area contributed by atoms with Gasteiger partial charge in [-0.2, -0.15) is 15.0 Å². The fraction of sp³-hybridized carbons (Fsp3) is 0.591. The Bertz CT molecular complexity index is 944. The SMILES string of the molecule is CCCCCCCCC(CC(N=C=O)(N=C=O)N=C=O)([Si]C(Cl)Cl)c1ccc(C)c([N+](=O)[O-])c1. The van der Waals surface area contributed by atoms with Crippen LogP contribution in [0.5, 0.6) is 0 Å². The van der Waals surface area contributed by atoms with Crippen molar-refractivity contribution in [2.75, 3.05) is 0 Å². The maximum absolute atomic E-state index is 11.6. The average molecular weight is 525 g/mol. The summed E-state index contributed by atoms with van der Waals surface area (Å²) < 4.78 is -0.890. The van der Waals surface area contributed by atoms with Gasteiger partial charge >= 0.3 is 0 Å². The van der Waals surface area contributed by atoms with E-state index in [4.69, 9.17) is 23.2 Å². The van der Waals surface area contributed by atoms with Gasteiger partial charge < -0.3 is 0 Å². The molecule has 1 aromatic rings. The molecular formula is C22H26Cl2N4O5Si. The number of nitro benzene ring substituents is 1. The molecule has 0 amide bonds. The monoisotopic (exact) mass is 524 g/mol. The molecule has 1 unspecified atom stereocenters. The lowest BCUT2D eigenvalue weighted by Crippen LogP contribution is -2.43. The summed E-state index contributed by atoms with van der Waals surface area (Å²) in [5.74, 6) is -2.18. The van der Waals surface area contributed by atoms with Gasteiger partial charge in [-0.1, -0.05) is 57.6 Å². The predicted octanol–water partition coefficient (Wildman–Crippen LogP) is 5.37. The smallest absolute Gasteiger partial charge is 0.258 e. The number of hydrogen-bond acceptors (Lipinski definition) is 8. The van der Waals surface area contributed by atoms with E-state index in [2.05, 4.69) is 21.9 Å². The number of alkyl halides is 2. The Balaban J connectivity index is 3.68. The summed E-state index contributed by atoms with van der Waals surface area (Å²) in [6.45, 7) is 3.73. The third-order valence-electron chi connectivity index (χ3n) is 5.51. The summed E-state index contributed by atoms with van der Waals surface area (Å²) in [5.41, 5.74) is 0.834. The number of unbranched alkanes of at least 4 members (excludes halogenated alkanes) is 5. The summed E-state index contributed by atoms with van der Waals surface area (Å²) in [6, 6.07) is 4.72. The van der Waals surface area contributed by atoms with E-state index in [1.807, 2.05) is 0 Å². The maximum Gasteiger partial charge on any atom is 0.278 e. The number of carbonyl (C=O) groups excluding carboxylic acids is 3. The quantitative estimate of drug-likeness (QED) is 0.0545. The van der Waals surface area contributed by atoms with E-state index in [0.717, 1.165) is 32.1 Å². The number of nitrogens with zero attached hydrogens (tertiary/aromatic N) is 4. The maximum atomic E-state index is 11.6. The summed E-state index contributed by atoms with van der Waals surface area (Å²) in [6.07, 6.45) is 9.85. The van der Waals surface area contributed by atoms with Crippen LogP contribution >= 0.6 is 23.2 Å². The Labute approximate surface area is 210 Å². The number of isocyanates is 3. The number of rotatable bonds is 16. The molecule has 9 nitrogen and oxygen atoms in total. The molecule has 1 rings (SSSR count). The van der Waals surface area contributed by atoms with Gasteiger partial charge in [0.05, 0.1) is 18.9 Å². The van der Waals surface area contributed by atoms with Gasteiger partial charge in [0.1, 0.15) is 0 Å². The van der Waals surface area contributed by atoms with Crippen LogP contribution in [0.15, 0.2) is 33.2 Å². The zero-order chi connectivity index (χ0) is 25.6. The van der Waals surface area contributed by atoms with Crippen LogP contribution in [0.1, 0.15) is 69.4 Å². The summed E-state index contributed by atoms with van der Waals surface area (Å²) in [7, 11) is -0.248. The molecule has 0 aromatic heterocycles. The molecule has 0 saturated heterocycles. The predicted molar refractivity (Wildman–Crippen MR) is 130 cm³/mol. The Morgan fingerprint density at radius 1 is 1.03 bits per heavy atom. The first-order valence-electron chi connectivity index (χ1n) is 10.8. The van der Waals surface area contributed by atoms with Crippen LogP contribution in [0.25, 0.3) is 0 Å². The van der Waals surface area contributed by atoms with Crippen LogP contribution in [0.2, 0.25) is 0 Å². The Hall–Kier alpha value is -2.44. The van der Waals surface area contributed by atoms with Crippen LogP contribution in [0.4, 0.5) is 5.69 Å². The second-order valence-electron chi connectivity index (χ2n) is 7.86. The molecule has 0 fully saturated rings. The van der Waals surface area contributed by atoms with E-state index in [1.54, 1.807) is 19.1 Å². The van der Waals surface area contributed by atoms with Crippen molar-refractivity contribution in [1.82, 2.24) is 0 Å². The van der Waals surface area contributed by atoms with Crippen molar-refractivity contribution in [3.8, 4) is 0 Å². The van der Waals surface area contributed by atoms with Gasteiger partial charge in [0.2, 0.25) is 18.2 Å². The van der Waals surface area contributed by atoms with Crippen molar-refractivity contribution in [3.05, 3.63) is 39.4 Å². The molecule has 12 heteroatoms. The van der Waals surface area contributed by atoms with E-state index in [0.29, 0.717) is 24.0 Å². The van der Waals surface area contributed by atoms with Gasteiger partial charge in [0, 0.05) is 18.1 Å². The molecule has 1 atom stereocenters. The minimum absolute atomic E-state index is 0.113. The minimum atomic E-state index is -2.18. The van der Waals surface area contributed by atoms with Crippen LogP contribution < -0.4 is 0 Å². The molecule has 0 saturated carbocycles. The molecule has 0 bridgehead atoms. The molecule has 0 aliphatic carbocycles. The second-order valence-corrected chi connectivity index (χ2v) is 11.5. The number of aryl methyl sites for hydroxylation is 1.